The lowest BCUT2D eigenvalue weighted by atomic mass is 10.0. The molecule has 32 heavy (non-hydrogen) atoms. The molecule has 0 saturated heterocycles. The first kappa shape index (κ1) is 22.5. The van der Waals surface area contributed by atoms with Crippen LogP contribution in [-0.2, 0) is 16.0 Å². The summed E-state index contributed by atoms with van der Waals surface area (Å²) in [5, 5.41) is 13.3. The molecule has 3 rings (SSSR count). The van der Waals surface area contributed by atoms with E-state index in [9.17, 15) is 24.3 Å². The number of rotatable bonds is 7. The number of amides is 1. The van der Waals surface area contributed by atoms with E-state index in [2.05, 4.69) is 15.0 Å². The Morgan fingerprint density at radius 1 is 1.16 bits per heavy atom. The SMILES string of the molecule is COC(=O)CNC(=O)c1cc(C)cc(C/C=C/C(=O)c2c(O)c3ccccc3[nH]c2=O)c1. The smallest absolute Gasteiger partial charge is 0.325 e. The number of aromatic nitrogens is 1. The highest BCUT2D eigenvalue weighted by molar-refractivity contribution is 6.09. The number of hydrogen-bond acceptors (Lipinski definition) is 6. The number of methoxy groups -OCH3 is 1. The minimum Gasteiger partial charge on any atom is -0.506 e. The molecule has 0 saturated carbocycles. The van der Waals surface area contributed by atoms with Crippen molar-refractivity contribution in [3.63, 3.8) is 0 Å². The second-order valence-electron chi connectivity index (χ2n) is 7.16. The van der Waals surface area contributed by atoms with Gasteiger partial charge >= 0.3 is 5.97 Å². The molecular formula is C24H22N2O6. The minimum absolute atomic E-state index is 0.239. The third-order valence-electron chi connectivity index (χ3n) is 4.78. The molecule has 164 valence electrons. The molecule has 3 N–H and O–H groups in total. The second kappa shape index (κ2) is 9.74. The van der Waals surface area contributed by atoms with Gasteiger partial charge in [-0.1, -0.05) is 29.8 Å². The number of ether oxygens (including phenoxy) is 1. The van der Waals surface area contributed by atoms with Gasteiger partial charge < -0.3 is 20.1 Å². The molecule has 0 spiro atoms. The highest BCUT2D eigenvalue weighted by Crippen LogP contribution is 2.24. The maximum absolute atomic E-state index is 12.6. The molecule has 0 unspecified atom stereocenters. The molecule has 0 bridgehead atoms. The number of carbonyl (C=O) groups is 3. The molecule has 1 aromatic heterocycles. The van der Waals surface area contributed by atoms with Crippen LogP contribution in [0.15, 0.2) is 59.4 Å². The molecule has 0 atom stereocenters. The number of H-pyrrole nitrogens is 1. The van der Waals surface area contributed by atoms with E-state index < -0.39 is 23.2 Å². The first-order valence-corrected chi connectivity index (χ1v) is 9.80. The zero-order valence-corrected chi connectivity index (χ0v) is 17.6. The number of carbonyl (C=O) groups excluding carboxylic acids is 3. The van der Waals surface area contributed by atoms with Crippen LogP contribution in [0.1, 0.15) is 31.8 Å². The lowest BCUT2D eigenvalue weighted by Crippen LogP contribution is -2.30. The minimum atomic E-state index is -0.670. The number of ketones is 1. The van der Waals surface area contributed by atoms with Crippen molar-refractivity contribution in [2.24, 2.45) is 0 Å². The number of hydrogen-bond donors (Lipinski definition) is 3. The van der Waals surface area contributed by atoms with E-state index in [1.807, 2.05) is 13.0 Å². The summed E-state index contributed by atoms with van der Waals surface area (Å²) in [6, 6.07) is 11.8. The number of aryl methyl sites for hydroxylation is 1. The standard InChI is InChI=1S/C24H22N2O6/c1-14-10-15(12-16(11-14)23(30)25-13-20(28)32-2)6-5-9-19(27)21-22(29)17-7-3-4-8-18(17)26-24(21)31/h3-5,7-12H,6,13H2,1-2H3,(H,25,30)(H2,26,29,31)/b9-5+. The fraction of sp³-hybridized carbons (Fsp3) is 0.167. The summed E-state index contributed by atoms with van der Waals surface area (Å²) < 4.78 is 4.50. The lowest BCUT2D eigenvalue weighted by molar-refractivity contribution is -0.139. The van der Waals surface area contributed by atoms with Crippen LogP contribution >= 0.6 is 0 Å². The van der Waals surface area contributed by atoms with Crippen molar-refractivity contribution in [3.8, 4) is 5.75 Å². The summed E-state index contributed by atoms with van der Waals surface area (Å²) in [7, 11) is 1.23. The number of aromatic hydroxyl groups is 1. The molecule has 0 radical (unpaired) electrons. The average molecular weight is 434 g/mol. The summed E-state index contributed by atoms with van der Waals surface area (Å²) in [6.07, 6.45) is 3.09. The van der Waals surface area contributed by atoms with Gasteiger partial charge in [-0.2, -0.15) is 0 Å². The molecule has 8 heteroatoms. The van der Waals surface area contributed by atoms with E-state index in [4.69, 9.17) is 0 Å². The number of para-hydroxylation sites is 1. The molecule has 3 aromatic rings. The van der Waals surface area contributed by atoms with Crippen molar-refractivity contribution in [1.82, 2.24) is 10.3 Å². The van der Waals surface area contributed by atoms with Gasteiger partial charge in [-0.3, -0.25) is 19.2 Å². The van der Waals surface area contributed by atoms with Crippen LogP contribution in [0, 0.1) is 6.92 Å². The second-order valence-corrected chi connectivity index (χ2v) is 7.16. The Morgan fingerprint density at radius 2 is 1.91 bits per heavy atom. The van der Waals surface area contributed by atoms with E-state index in [-0.39, 0.29) is 17.9 Å². The van der Waals surface area contributed by atoms with Gasteiger partial charge in [0.1, 0.15) is 17.9 Å². The highest BCUT2D eigenvalue weighted by atomic mass is 16.5. The normalized spacial score (nSPS) is 10.9. The summed E-state index contributed by atoms with van der Waals surface area (Å²) in [5.41, 5.74) is 1.39. The molecular weight excluding hydrogens is 412 g/mol. The fourth-order valence-corrected chi connectivity index (χ4v) is 3.28. The average Bonchev–Trinajstić information content (AvgIpc) is 2.76. The Morgan fingerprint density at radius 3 is 2.66 bits per heavy atom. The van der Waals surface area contributed by atoms with Gasteiger partial charge in [0.05, 0.1) is 12.6 Å². The molecule has 1 amide bonds. The van der Waals surface area contributed by atoms with Gasteiger partial charge in [-0.25, -0.2) is 0 Å². The van der Waals surface area contributed by atoms with Crippen molar-refractivity contribution < 1.29 is 24.2 Å². The maximum Gasteiger partial charge on any atom is 0.325 e. The fourth-order valence-electron chi connectivity index (χ4n) is 3.28. The predicted molar refractivity (Wildman–Crippen MR) is 119 cm³/mol. The van der Waals surface area contributed by atoms with Gasteiger partial charge in [0, 0.05) is 10.9 Å². The van der Waals surface area contributed by atoms with E-state index in [1.54, 1.807) is 42.5 Å². The van der Waals surface area contributed by atoms with Crippen LogP contribution in [0.4, 0.5) is 0 Å². The number of aromatic amines is 1. The van der Waals surface area contributed by atoms with Crippen LogP contribution in [0.5, 0.6) is 5.75 Å². The maximum atomic E-state index is 12.6. The van der Waals surface area contributed by atoms with Crippen LogP contribution in [0.25, 0.3) is 10.9 Å². The van der Waals surface area contributed by atoms with E-state index >= 15 is 0 Å². The van der Waals surface area contributed by atoms with Crippen molar-refractivity contribution in [2.75, 3.05) is 13.7 Å². The summed E-state index contributed by atoms with van der Waals surface area (Å²) >= 11 is 0. The Hall–Kier alpha value is -4.20. The number of allylic oxidation sites excluding steroid dienone is 2. The summed E-state index contributed by atoms with van der Waals surface area (Å²) in [4.78, 5) is 50.9. The zero-order chi connectivity index (χ0) is 23.3. The number of pyridine rings is 1. The van der Waals surface area contributed by atoms with Gasteiger partial charge in [-0.15, -0.1) is 0 Å². The number of nitrogens with one attached hydrogen (secondary N) is 2. The molecule has 0 aliphatic heterocycles. The van der Waals surface area contributed by atoms with Gasteiger partial charge in [0.25, 0.3) is 11.5 Å². The quantitative estimate of drug-likeness (QED) is 0.298. The highest BCUT2D eigenvalue weighted by Gasteiger charge is 2.17. The molecule has 1 heterocycles. The third-order valence-corrected chi connectivity index (χ3v) is 4.78. The van der Waals surface area contributed by atoms with Crippen LogP contribution in [0.3, 0.4) is 0 Å². The zero-order valence-electron chi connectivity index (χ0n) is 17.6. The Kier molecular flexibility index (Phi) is 6.84. The molecule has 0 aliphatic rings. The largest absolute Gasteiger partial charge is 0.506 e. The van der Waals surface area contributed by atoms with E-state index in [0.29, 0.717) is 22.9 Å². The predicted octanol–water partition coefficient (Wildman–Crippen LogP) is 2.43. The van der Waals surface area contributed by atoms with Crippen molar-refractivity contribution in [2.45, 2.75) is 13.3 Å². The van der Waals surface area contributed by atoms with Crippen LogP contribution in [0.2, 0.25) is 0 Å². The molecule has 0 aliphatic carbocycles. The third kappa shape index (κ3) is 5.10. The van der Waals surface area contributed by atoms with Crippen molar-refractivity contribution >= 4 is 28.6 Å². The Labute approximate surface area is 183 Å². The Balaban J connectivity index is 1.76. The topological polar surface area (TPSA) is 126 Å². The molecule has 8 nitrogen and oxygen atoms in total. The monoisotopic (exact) mass is 434 g/mol. The van der Waals surface area contributed by atoms with Gasteiger partial charge in [-0.05, 0) is 49.2 Å². The van der Waals surface area contributed by atoms with Crippen LogP contribution in [-0.4, -0.2) is 41.4 Å². The first-order chi connectivity index (χ1) is 15.3. The van der Waals surface area contributed by atoms with Gasteiger partial charge in [0.15, 0.2) is 5.78 Å². The number of benzene rings is 2. The van der Waals surface area contributed by atoms with Crippen LogP contribution < -0.4 is 10.9 Å². The van der Waals surface area contributed by atoms with Gasteiger partial charge in [0.2, 0.25) is 0 Å². The lowest BCUT2D eigenvalue weighted by Gasteiger charge is -2.07. The molecule has 2 aromatic carbocycles. The van der Waals surface area contributed by atoms with E-state index in [1.165, 1.54) is 13.2 Å². The molecule has 0 fully saturated rings. The first-order valence-electron chi connectivity index (χ1n) is 9.80. The Bertz CT molecular complexity index is 1290. The van der Waals surface area contributed by atoms with Crippen molar-refractivity contribution in [3.05, 3.63) is 87.2 Å². The summed E-state index contributed by atoms with van der Waals surface area (Å²) in [6.45, 7) is 1.58. The van der Waals surface area contributed by atoms with Crippen molar-refractivity contribution in [1.29, 1.82) is 0 Å². The number of esters is 1. The summed E-state index contributed by atoms with van der Waals surface area (Å²) in [5.74, 6) is -1.97. The van der Waals surface area contributed by atoms with E-state index in [0.717, 1.165) is 11.1 Å². The number of fused-ring (bicyclic) bond motifs is 1.